The molecule has 4 rings (SSSR count). The van der Waals surface area contributed by atoms with Crippen molar-refractivity contribution in [1.82, 2.24) is 14.5 Å². The maximum atomic E-state index is 13.3. The number of carbonyl (C=O) groups is 2. The molecule has 0 spiro atoms. The number of piperazine rings is 1. The standard InChI is InChI=1S/C22H23N3O5S2/c26-21(19-8-4-14-30-19)23-18(16-17-6-2-1-3-7-17)22(27)24-10-12-25(13-11-24)32(28,29)20-9-5-15-31-20/h1-9,14-15,18H,10-13,16H2,(H,23,26)/t18-/m1/s1. The molecule has 1 atom stereocenters. The van der Waals surface area contributed by atoms with E-state index in [1.807, 2.05) is 30.3 Å². The van der Waals surface area contributed by atoms with Crippen molar-refractivity contribution in [3.8, 4) is 0 Å². The van der Waals surface area contributed by atoms with Gasteiger partial charge in [-0.3, -0.25) is 9.59 Å². The zero-order valence-corrected chi connectivity index (χ0v) is 18.8. The van der Waals surface area contributed by atoms with Crippen LogP contribution in [0.5, 0.6) is 0 Å². The van der Waals surface area contributed by atoms with Gasteiger partial charge in [-0.05, 0) is 29.1 Å². The molecule has 1 N–H and O–H groups in total. The fourth-order valence-corrected chi connectivity index (χ4v) is 6.16. The van der Waals surface area contributed by atoms with E-state index in [4.69, 9.17) is 4.42 Å². The van der Waals surface area contributed by atoms with Gasteiger partial charge in [0.25, 0.3) is 15.9 Å². The summed E-state index contributed by atoms with van der Waals surface area (Å²) >= 11 is 1.18. The lowest BCUT2D eigenvalue weighted by molar-refractivity contribution is -0.134. The van der Waals surface area contributed by atoms with E-state index in [1.54, 1.807) is 28.5 Å². The lowest BCUT2D eigenvalue weighted by Gasteiger charge is -2.35. The molecule has 168 valence electrons. The first-order chi connectivity index (χ1) is 15.4. The number of carbonyl (C=O) groups excluding carboxylic acids is 2. The Morgan fingerprint density at radius 2 is 1.75 bits per heavy atom. The number of nitrogens with zero attached hydrogens (tertiary/aromatic N) is 2. The zero-order chi connectivity index (χ0) is 22.6. The molecule has 0 bridgehead atoms. The van der Waals surface area contributed by atoms with Gasteiger partial charge in [-0.25, -0.2) is 8.42 Å². The summed E-state index contributed by atoms with van der Waals surface area (Å²) in [4.78, 5) is 27.5. The highest BCUT2D eigenvalue weighted by Crippen LogP contribution is 2.22. The molecule has 0 saturated carbocycles. The minimum atomic E-state index is -3.55. The van der Waals surface area contributed by atoms with Gasteiger partial charge >= 0.3 is 0 Å². The van der Waals surface area contributed by atoms with E-state index < -0.39 is 22.0 Å². The molecule has 1 aliphatic heterocycles. The van der Waals surface area contributed by atoms with Crippen LogP contribution in [0.3, 0.4) is 0 Å². The van der Waals surface area contributed by atoms with Gasteiger partial charge in [-0.1, -0.05) is 36.4 Å². The van der Waals surface area contributed by atoms with E-state index >= 15 is 0 Å². The quantitative estimate of drug-likeness (QED) is 0.567. The van der Waals surface area contributed by atoms with Crippen LogP contribution < -0.4 is 5.32 Å². The average Bonchev–Trinajstić information content (AvgIpc) is 3.54. The van der Waals surface area contributed by atoms with E-state index in [0.29, 0.717) is 10.6 Å². The molecule has 1 saturated heterocycles. The lowest BCUT2D eigenvalue weighted by atomic mass is 10.0. The van der Waals surface area contributed by atoms with Crippen molar-refractivity contribution in [2.75, 3.05) is 26.2 Å². The molecule has 0 radical (unpaired) electrons. The van der Waals surface area contributed by atoms with Crippen LogP contribution >= 0.6 is 11.3 Å². The summed E-state index contributed by atoms with van der Waals surface area (Å²) in [5.41, 5.74) is 0.907. The second-order valence-electron chi connectivity index (χ2n) is 7.35. The van der Waals surface area contributed by atoms with E-state index in [-0.39, 0.29) is 37.8 Å². The fourth-order valence-electron chi connectivity index (χ4n) is 3.59. The number of amides is 2. The molecule has 3 aromatic rings. The Morgan fingerprint density at radius 1 is 1.00 bits per heavy atom. The first-order valence-corrected chi connectivity index (χ1v) is 12.5. The number of benzene rings is 1. The molecule has 2 amide bonds. The summed E-state index contributed by atoms with van der Waals surface area (Å²) in [5, 5.41) is 4.50. The highest BCUT2D eigenvalue weighted by atomic mass is 32.2. The van der Waals surface area contributed by atoms with Crippen LogP contribution in [0.1, 0.15) is 16.1 Å². The normalized spacial score (nSPS) is 15.9. The monoisotopic (exact) mass is 473 g/mol. The predicted molar refractivity (Wildman–Crippen MR) is 120 cm³/mol. The van der Waals surface area contributed by atoms with Crippen molar-refractivity contribution >= 4 is 33.2 Å². The van der Waals surface area contributed by atoms with Crippen molar-refractivity contribution < 1.29 is 22.4 Å². The highest BCUT2D eigenvalue weighted by molar-refractivity contribution is 7.91. The van der Waals surface area contributed by atoms with Crippen molar-refractivity contribution in [3.63, 3.8) is 0 Å². The SMILES string of the molecule is O=C(N[C@H](Cc1ccccc1)C(=O)N1CCN(S(=O)(=O)c2cccs2)CC1)c1ccco1. The number of sulfonamides is 1. The number of hydrogen-bond donors (Lipinski definition) is 1. The molecule has 3 heterocycles. The van der Waals surface area contributed by atoms with E-state index in [1.165, 1.54) is 28.0 Å². The predicted octanol–water partition coefficient (Wildman–Crippen LogP) is 2.22. The van der Waals surface area contributed by atoms with Gasteiger partial charge in [0.2, 0.25) is 5.91 Å². The number of furan rings is 1. The molecule has 1 aliphatic rings. The van der Waals surface area contributed by atoms with Gasteiger partial charge in [-0.15, -0.1) is 11.3 Å². The summed E-state index contributed by atoms with van der Waals surface area (Å²) in [5.74, 6) is -0.590. The maximum absolute atomic E-state index is 13.3. The average molecular weight is 474 g/mol. The Bertz CT molecular complexity index is 1140. The highest BCUT2D eigenvalue weighted by Gasteiger charge is 2.33. The third-order valence-electron chi connectivity index (χ3n) is 5.27. The molecule has 0 unspecified atom stereocenters. The van der Waals surface area contributed by atoms with Gasteiger partial charge in [0.1, 0.15) is 10.3 Å². The van der Waals surface area contributed by atoms with Crippen molar-refractivity contribution in [2.45, 2.75) is 16.7 Å². The first kappa shape index (κ1) is 22.3. The van der Waals surface area contributed by atoms with Gasteiger partial charge in [0, 0.05) is 32.6 Å². The zero-order valence-electron chi connectivity index (χ0n) is 17.2. The number of rotatable bonds is 7. The largest absolute Gasteiger partial charge is 0.459 e. The molecule has 10 heteroatoms. The minimum Gasteiger partial charge on any atom is -0.459 e. The maximum Gasteiger partial charge on any atom is 0.287 e. The number of nitrogens with one attached hydrogen (secondary N) is 1. The summed E-state index contributed by atoms with van der Waals surface area (Å²) in [6.07, 6.45) is 1.72. The molecule has 2 aromatic heterocycles. The Kier molecular flexibility index (Phi) is 6.73. The van der Waals surface area contributed by atoms with Crippen LogP contribution in [0, 0.1) is 0 Å². The molecule has 1 fully saturated rings. The van der Waals surface area contributed by atoms with Crippen LogP contribution in [-0.4, -0.2) is 61.7 Å². The lowest BCUT2D eigenvalue weighted by Crippen LogP contribution is -2.56. The second-order valence-corrected chi connectivity index (χ2v) is 10.5. The van der Waals surface area contributed by atoms with E-state index in [0.717, 1.165) is 5.56 Å². The fraction of sp³-hybridized carbons (Fsp3) is 0.273. The van der Waals surface area contributed by atoms with Crippen molar-refractivity contribution in [2.24, 2.45) is 0 Å². The van der Waals surface area contributed by atoms with Crippen LogP contribution in [-0.2, 0) is 21.2 Å². The molecular formula is C22H23N3O5S2. The van der Waals surface area contributed by atoms with E-state index in [9.17, 15) is 18.0 Å². The molecule has 32 heavy (non-hydrogen) atoms. The molecular weight excluding hydrogens is 450 g/mol. The van der Waals surface area contributed by atoms with Crippen LogP contribution in [0.15, 0.2) is 74.9 Å². The summed E-state index contributed by atoms with van der Waals surface area (Å²) < 4.78 is 32.3. The van der Waals surface area contributed by atoms with Gasteiger partial charge in [-0.2, -0.15) is 4.31 Å². The van der Waals surface area contributed by atoms with Crippen LogP contribution in [0.4, 0.5) is 0 Å². The summed E-state index contributed by atoms with van der Waals surface area (Å²) in [6.45, 7) is 0.920. The first-order valence-electron chi connectivity index (χ1n) is 10.2. The molecule has 1 aromatic carbocycles. The third-order valence-corrected chi connectivity index (χ3v) is 8.54. The number of hydrogen-bond acceptors (Lipinski definition) is 6. The van der Waals surface area contributed by atoms with E-state index in [2.05, 4.69) is 5.32 Å². The van der Waals surface area contributed by atoms with Crippen molar-refractivity contribution in [1.29, 1.82) is 0 Å². The Balaban J connectivity index is 1.45. The Morgan fingerprint density at radius 3 is 2.38 bits per heavy atom. The second kappa shape index (κ2) is 9.68. The topological polar surface area (TPSA) is 99.9 Å². The Hall–Kier alpha value is -2.95. The third kappa shape index (κ3) is 4.93. The Labute approximate surface area is 190 Å². The minimum absolute atomic E-state index is 0.128. The summed E-state index contributed by atoms with van der Waals surface area (Å²) in [7, 11) is -3.55. The molecule has 0 aliphatic carbocycles. The molecule has 8 nitrogen and oxygen atoms in total. The van der Waals surface area contributed by atoms with Gasteiger partial charge in [0.05, 0.1) is 6.26 Å². The van der Waals surface area contributed by atoms with Crippen LogP contribution in [0.25, 0.3) is 0 Å². The van der Waals surface area contributed by atoms with Gasteiger partial charge in [0.15, 0.2) is 5.76 Å². The van der Waals surface area contributed by atoms with Crippen molar-refractivity contribution in [3.05, 3.63) is 77.6 Å². The van der Waals surface area contributed by atoms with Gasteiger partial charge < -0.3 is 14.6 Å². The smallest absolute Gasteiger partial charge is 0.287 e. The summed E-state index contributed by atoms with van der Waals surface area (Å²) in [6, 6.07) is 15.0. The number of thiophene rings is 1. The van der Waals surface area contributed by atoms with Crippen LogP contribution in [0.2, 0.25) is 0 Å².